The van der Waals surface area contributed by atoms with Crippen LogP contribution in [-0.2, 0) is 4.79 Å². The molecule has 5 nitrogen and oxygen atoms in total. The molecule has 3 rings (SSSR count). The highest BCUT2D eigenvalue weighted by Gasteiger charge is 2.39. The SMILES string of the molecule is CC(CCN1CCN2CCCC2C1)(NC1CC1)C(=O)O. The number of piperazine rings is 1. The third-order valence-electron chi connectivity index (χ3n) is 5.17. The van der Waals surface area contributed by atoms with E-state index in [-0.39, 0.29) is 0 Å². The zero-order valence-electron chi connectivity index (χ0n) is 12.5. The van der Waals surface area contributed by atoms with E-state index in [0.29, 0.717) is 12.5 Å². The second-order valence-corrected chi connectivity index (χ2v) is 6.94. The molecule has 0 aromatic heterocycles. The molecule has 2 aliphatic heterocycles. The summed E-state index contributed by atoms with van der Waals surface area (Å²) in [6.07, 6.45) is 5.60. The molecule has 1 saturated carbocycles. The Hall–Kier alpha value is -0.650. The zero-order valence-corrected chi connectivity index (χ0v) is 12.5. The minimum absolute atomic E-state index is 0.433. The second-order valence-electron chi connectivity index (χ2n) is 6.94. The molecule has 2 heterocycles. The molecule has 3 aliphatic rings. The van der Waals surface area contributed by atoms with Crippen molar-refractivity contribution in [3.05, 3.63) is 0 Å². The summed E-state index contributed by atoms with van der Waals surface area (Å²) in [4.78, 5) is 16.6. The number of fused-ring (bicyclic) bond motifs is 1. The Kier molecular flexibility index (Phi) is 4.02. The lowest BCUT2D eigenvalue weighted by molar-refractivity contribution is -0.144. The molecular weight excluding hydrogens is 254 g/mol. The van der Waals surface area contributed by atoms with Crippen molar-refractivity contribution in [2.75, 3.05) is 32.7 Å². The van der Waals surface area contributed by atoms with Gasteiger partial charge in [0.2, 0.25) is 0 Å². The maximum absolute atomic E-state index is 11.6. The van der Waals surface area contributed by atoms with Gasteiger partial charge in [0.25, 0.3) is 0 Å². The topological polar surface area (TPSA) is 55.8 Å². The van der Waals surface area contributed by atoms with Crippen molar-refractivity contribution < 1.29 is 9.90 Å². The molecule has 20 heavy (non-hydrogen) atoms. The lowest BCUT2D eigenvalue weighted by Gasteiger charge is -2.39. The van der Waals surface area contributed by atoms with Crippen molar-refractivity contribution in [3.63, 3.8) is 0 Å². The van der Waals surface area contributed by atoms with Crippen molar-refractivity contribution in [2.45, 2.75) is 56.7 Å². The predicted molar refractivity (Wildman–Crippen MR) is 77.9 cm³/mol. The molecule has 114 valence electrons. The van der Waals surface area contributed by atoms with E-state index in [1.54, 1.807) is 0 Å². The number of aliphatic carboxylic acids is 1. The largest absolute Gasteiger partial charge is 0.480 e. The summed E-state index contributed by atoms with van der Waals surface area (Å²) in [5, 5.41) is 12.8. The molecule has 1 aliphatic carbocycles. The van der Waals surface area contributed by atoms with Crippen LogP contribution in [0.4, 0.5) is 0 Å². The lowest BCUT2D eigenvalue weighted by atomic mass is 9.97. The Bertz CT molecular complexity index is 372. The van der Waals surface area contributed by atoms with Gasteiger partial charge in [0.1, 0.15) is 5.54 Å². The molecule has 0 bridgehead atoms. The number of hydrogen-bond acceptors (Lipinski definition) is 4. The molecule has 3 fully saturated rings. The first-order chi connectivity index (χ1) is 9.57. The minimum atomic E-state index is -0.756. The summed E-state index contributed by atoms with van der Waals surface area (Å²) >= 11 is 0. The molecule has 0 aromatic rings. The number of rotatable bonds is 6. The van der Waals surface area contributed by atoms with Gasteiger partial charge in [0.05, 0.1) is 0 Å². The monoisotopic (exact) mass is 281 g/mol. The summed E-state index contributed by atoms with van der Waals surface area (Å²) in [6.45, 7) is 7.38. The van der Waals surface area contributed by atoms with Crippen LogP contribution in [-0.4, -0.2) is 71.2 Å². The first-order valence-corrected chi connectivity index (χ1v) is 8.04. The Morgan fingerprint density at radius 1 is 1.30 bits per heavy atom. The zero-order chi connectivity index (χ0) is 14.2. The van der Waals surface area contributed by atoms with Gasteiger partial charge in [-0.15, -0.1) is 0 Å². The summed E-state index contributed by atoms with van der Waals surface area (Å²) in [5.41, 5.74) is -0.756. The van der Waals surface area contributed by atoms with Crippen LogP contribution in [0.1, 0.15) is 39.0 Å². The summed E-state index contributed by atoms with van der Waals surface area (Å²) < 4.78 is 0. The molecule has 2 unspecified atom stereocenters. The Balaban J connectivity index is 1.50. The Labute approximate surface area is 121 Å². The van der Waals surface area contributed by atoms with E-state index in [1.165, 1.54) is 19.4 Å². The van der Waals surface area contributed by atoms with Crippen LogP contribution in [0.5, 0.6) is 0 Å². The molecular formula is C15H27N3O2. The Morgan fingerprint density at radius 2 is 2.10 bits per heavy atom. The van der Waals surface area contributed by atoms with Crippen LogP contribution >= 0.6 is 0 Å². The van der Waals surface area contributed by atoms with E-state index in [2.05, 4.69) is 15.1 Å². The summed E-state index contributed by atoms with van der Waals surface area (Å²) in [5.74, 6) is -0.705. The predicted octanol–water partition coefficient (Wildman–Crippen LogP) is 0.752. The van der Waals surface area contributed by atoms with Crippen molar-refractivity contribution in [3.8, 4) is 0 Å². The summed E-state index contributed by atoms with van der Waals surface area (Å²) in [7, 11) is 0. The van der Waals surface area contributed by atoms with Crippen LogP contribution in [0.3, 0.4) is 0 Å². The third kappa shape index (κ3) is 3.15. The maximum atomic E-state index is 11.6. The minimum Gasteiger partial charge on any atom is -0.480 e. The van der Waals surface area contributed by atoms with Crippen LogP contribution < -0.4 is 5.32 Å². The highest BCUT2D eigenvalue weighted by atomic mass is 16.4. The van der Waals surface area contributed by atoms with Gasteiger partial charge >= 0.3 is 5.97 Å². The van der Waals surface area contributed by atoms with E-state index in [4.69, 9.17) is 0 Å². The van der Waals surface area contributed by atoms with Gasteiger partial charge in [-0.2, -0.15) is 0 Å². The van der Waals surface area contributed by atoms with Gasteiger partial charge in [-0.25, -0.2) is 0 Å². The van der Waals surface area contributed by atoms with Crippen molar-refractivity contribution in [2.24, 2.45) is 0 Å². The quantitative estimate of drug-likeness (QED) is 0.752. The molecule has 0 amide bonds. The number of nitrogens with one attached hydrogen (secondary N) is 1. The second kappa shape index (κ2) is 5.62. The first kappa shape index (κ1) is 14.3. The number of carboxylic acids is 1. The number of carboxylic acid groups (broad SMARTS) is 1. The van der Waals surface area contributed by atoms with Crippen molar-refractivity contribution >= 4 is 5.97 Å². The van der Waals surface area contributed by atoms with E-state index in [9.17, 15) is 9.90 Å². The van der Waals surface area contributed by atoms with E-state index >= 15 is 0 Å². The third-order valence-corrected chi connectivity index (χ3v) is 5.17. The van der Waals surface area contributed by atoms with Crippen molar-refractivity contribution in [1.29, 1.82) is 0 Å². The van der Waals surface area contributed by atoms with E-state index < -0.39 is 11.5 Å². The van der Waals surface area contributed by atoms with E-state index in [1.807, 2.05) is 6.92 Å². The number of carbonyl (C=O) groups is 1. The molecule has 0 radical (unpaired) electrons. The highest BCUT2D eigenvalue weighted by molar-refractivity contribution is 5.78. The molecule has 0 spiro atoms. The molecule has 5 heteroatoms. The van der Waals surface area contributed by atoms with Gasteiger partial charge in [-0.3, -0.25) is 15.0 Å². The smallest absolute Gasteiger partial charge is 0.323 e. The number of hydrogen-bond donors (Lipinski definition) is 2. The fourth-order valence-corrected chi connectivity index (χ4v) is 3.56. The van der Waals surface area contributed by atoms with Crippen LogP contribution in [0.2, 0.25) is 0 Å². The molecule has 2 saturated heterocycles. The summed E-state index contributed by atoms with van der Waals surface area (Å²) in [6, 6.07) is 1.15. The molecule has 2 atom stereocenters. The van der Waals surface area contributed by atoms with E-state index in [0.717, 1.165) is 45.1 Å². The first-order valence-electron chi connectivity index (χ1n) is 8.04. The van der Waals surface area contributed by atoms with Gasteiger partial charge in [-0.1, -0.05) is 0 Å². The highest BCUT2D eigenvalue weighted by Crippen LogP contribution is 2.26. The average Bonchev–Trinajstić information content (AvgIpc) is 3.10. The van der Waals surface area contributed by atoms with Gasteiger partial charge < -0.3 is 10.0 Å². The lowest BCUT2D eigenvalue weighted by Crippen LogP contribution is -2.55. The standard InChI is InChI=1S/C15H27N3O2/c1-15(14(19)20,16-12-4-5-12)6-8-17-9-10-18-7-2-3-13(18)11-17/h12-13,16H,2-11H2,1H3,(H,19,20). The van der Waals surface area contributed by atoms with Gasteiger partial charge in [0.15, 0.2) is 0 Å². The Morgan fingerprint density at radius 3 is 2.80 bits per heavy atom. The molecule has 0 aromatic carbocycles. The van der Waals surface area contributed by atoms with Gasteiger partial charge in [0, 0.05) is 38.3 Å². The number of nitrogens with zero attached hydrogens (tertiary/aromatic N) is 2. The normalized spacial score (nSPS) is 30.9. The van der Waals surface area contributed by atoms with Crippen LogP contribution in [0, 0.1) is 0 Å². The average molecular weight is 281 g/mol. The maximum Gasteiger partial charge on any atom is 0.323 e. The van der Waals surface area contributed by atoms with Crippen molar-refractivity contribution in [1.82, 2.24) is 15.1 Å². The van der Waals surface area contributed by atoms with Crippen LogP contribution in [0.15, 0.2) is 0 Å². The fraction of sp³-hybridized carbons (Fsp3) is 0.933. The van der Waals surface area contributed by atoms with Crippen LogP contribution in [0.25, 0.3) is 0 Å². The fourth-order valence-electron chi connectivity index (χ4n) is 3.56. The van der Waals surface area contributed by atoms with Gasteiger partial charge in [-0.05, 0) is 45.6 Å². The molecule has 2 N–H and O–H groups in total.